The summed E-state index contributed by atoms with van der Waals surface area (Å²) in [6, 6.07) is 17.6. The molecule has 0 saturated carbocycles. The third-order valence-electron chi connectivity index (χ3n) is 4.71. The molecule has 0 heterocycles. The second kappa shape index (κ2) is 13.0. The minimum absolute atomic E-state index is 0.0979. The van der Waals surface area contributed by atoms with E-state index in [0.29, 0.717) is 35.8 Å². The summed E-state index contributed by atoms with van der Waals surface area (Å²) >= 11 is 6.19. The number of nitrogens with zero attached hydrogens (tertiary/aromatic N) is 1. The van der Waals surface area contributed by atoms with Crippen LogP contribution in [0.3, 0.4) is 0 Å². The zero-order chi connectivity index (χ0) is 25.9. The lowest BCUT2D eigenvalue weighted by Crippen LogP contribution is -2.17. The first-order chi connectivity index (χ1) is 17.4. The quantitative estimate of drug-likeness (QED) is 0.270. The normalized spacial score (nSPS) is 10.6. The third kappa shape index (κ3) is 7.38. The molecule has 0 aliphatic heterocycles. The van der Waals surface area contributed by atoms with Crippen LogP contribution in [0.5, 0.6) is 23.0 Å². The maximum Gasteiger partial charge on any atom is 0.341 e. The lowest BCUT2D eigenvalue weighted by Gasteiger charge is -2.13. The predicted molar refractivity (Wildman–Crippen MR) is 135 cm³/mol. The van der Waals surface area contributed by atoms with Gasteiger partial charge in [-0.2, -0.15) is 5.10 Å². The molecule has 3 aromatic rings. The molecule has 0 radical (unpaired) electrons. The van der Waals surface area contributed by atoms with E-state index in [1.165, 1.54) is 19.4 Å². The van der Waals surface area contributed by atoms with E-state index >= 15 is 0 Å². The van der Waals surface area contributed by atoms with Crippen LogP contribution in [-0.4, -0.2) is 43.5 Å². The molecule has 9 nitrogen and oxygen atoms in total. The smallest absolute Gasteiger partial charge is 0.341 e. The van der Waals surface area contributed by atoms with Crippen molar-refractivity contribution in [3.8, 4) is 23.0 Å². The van der Waals surface area contributed by atoms with Crippen LogP contribution in [0.15, 0.2) is 65.8 Å². The summed E-state index contributed by atoms with van der Waals surface area (Å²) in [4.78, 5) is 23.4. The highest BCUT2D eigenvalue weighted by Crippen LogP contribution is 2.36. The molecule has 3 aromatic carbocycles. The molecule has 0 aliphatic rings. The van der Waals surface area contributed by atoms with Crippen molar-refractivity contribution in [2.75, 3.05) is 20.3 Å². The summed E-state index contributed by atoms with van der Waals surface area (Å²) in [6.07, 6.45) is 1.37. The number of carbonyl (C=O) groups is 2. The molecule has 2 N–H and O–H groups in total. The van der Waals surface area contributed by atoms with Crippen molar-refractivity contribution in [1.29, 1.82) is 0 Å². The minimum Gasteiger partial charge on any atom is -0.493 e. The van der Waals surface area contributed by atoms with Crippen molar-refractivity contribution in [1.82, 2.24) is 5.43 Å². The van der Waals surface area contributed by atoms with E-state index in [1.807, 2.05) is 37.3 Å². The molecule has 0 saturated heterocycles. The second-order valence-corrected chi connectivity index (χ2v) is 7.69. The van der Waals surface area contributed by atoms with E-state index in [9.17, 15) is 9.59 Å². The average molecular weight is 513 g/mol. The number of nitrogens with one attached hydrogen (secondary N) is 1. The van der Waals surface area contributed by atoms with Crippen molar-refractivity contribution in [2.45, 2.75) is 13.5 Å². The van der Waals surface area contributed by atoms with Crippen molar-refractivity contribution >= 4 is 29.7 Å². The highest BCUT2D eigenvalue weighted by molar-refractivity contribution is 6.32. The van der Waals surface area contributed by atoms with Gasteiger partial charge in [0.2, 0.25) is 0 Å². The van der Waals surface area contributed by atoms with Gasteiger partial charge in [-0.3, -0.25) is 4.79 Å². The first kappa shape index (κ1) is 26.4. The van der Waals surface area contributed by atoms with Crippen molar-refractivity contribution in [2.24, 2.45) is 5.10 Å². The number of methoxy groups -OCH3 is 1. The van der Waals surface area contributed by atoms with Gasteiger partial charge >= 0.3 is 5.97 Å². The van der Waals surface area contributed by atoms with Crippen LogP contribution in [0, 0.1) is 0 Å². The Labute approximate surface area is 213 Å². The van der Waals surface area contributed by atoms with Gasteiger partial charge < -0.3 is 24.1 Å². The van der Waals surface area contributed by atoms with Gasteiger partial charge in [-0.05, 0) is 48.4 Å². The Morgan fingerprint density at radius 3 is 2.47 bits per heavy atom. The van der Waals surface area contributed by atoms with Gasteiger partial charge in [-0.1, -0.05) is 41.9 Å². The molecule has 188 valence electrons. The number of benzene rings is 3. The number of hydrogen-bond acceptors (Lipinski definition) is 7. The van der Waals surface area contributed by atoms with Crippen LogP contribution in [0.25, 0.3) is 0 Å². The average Bonchev–Trinajstić information content (AvgIpc) is 2.87. The third-order valence-corrected chi connectivity index (χ3v) is 5.00. The largest absolute Gasteiger partial charge is 0.493 e. The van der Waals surface area contributed by atoms with Gasteiger partial charge in [-0.25, -0.2) is 10.2 Å². The number of carboxylic acid groups (broad SMARTS) is 1. The molecule has 0 fully saturated rings. The van der Waals surface area contributed by atoms with Crippen LogP contribution < -0.4 is 24.4 Å². The first-order valence-electron chi connectivity index (χ1n) is 10.9. The van der Waals surface area contributed by atoms with E-state index in [2.05, 4.69) is 10.5 Å². The molecule has 10 heteroatoms. The van der Waals surface area contributed by atoms with Crippen molar-refractivity contribution in [3.63, 3.8) is 0 Å². The second-order valence-electron chi connectivity index (χ2n) is 7.28. The van der Waals surface area contributed by atoms with Gasteiger partial charge in [0, 0.05) is 5.56 Å². The fourth-order valence-corrected chi connectivity index (χ4v) is 3.36. The molecule has 0 aromatic heterocycles. The monoisotopic (exact) mass is 512 g/mol. The number of hydrazone groups is 1. The predicted octanol–water partition coefficient (Wildman–Crippen LogP) is 4.55. The summed E-state index contributed by atoms with van der Waals surface area (Å²) < 4.78 is 21.9. The fourth-order valence-electron chi connectivity index (χ4n) is 3.09. The standard InChI is InChI=1S/C26H25ClN2O7/c1-3-34-22-13-19(9-10-21(22)35-15-17-7-5-4-6-8-17)26(32)29-28-14-18-11-20(27)25(23(12-18)33-2)36-16-24(30)31/h4-14H,3,15-16H2,1-2H3,(H,29,32)(H,30,31)/b28-14+. The molecule has 0 bridgehead atoms. The van der Waals surface area contributed by atoms with E-state index in [1.54, 1.807) is 24.3 Å². The molecular formula is C26H25ClN2O7. The number of carboxylic acids is 1. The molecule has 36 heavy (non-hydrogen) atoms. The van der Waals surface area contributed by atoms with Crippen LogP contribution in [0.4, 0.5) is 0 Å². The Balaban J connectivity index is 1.68. The zero-order valence-electron chi connectivity index (χ0n) is 19.7. The summed E-state index contributed by atoms with van der Waals surface area (Å²) in [5.41, 5.74) is 4.28. The zero-order valence-corrected chi connectivity index (χ0v) is 20.4. The van der Waals surface area contributed by atoms with E-state index in [-0.39, 0.29) is 16.5 Å². The van der Waals surface area contributed by atoms with E-state index in [0.717, 1.165) is 5.56 Å². The maximum absolute atomic E-state index is 12.6. The Morgan fingerprint density at radius 1 is 1.00 bits per heavy atom. The van der Waals surface area contributed by atoms with Gasteiger partial charge in [0.1, 0.15) is 6.61 Å². The van der Waals surface area contributed by atoms with Crippen LogP contribution >= 0.6 is 11.6 Å². The van der Waals surface area contributed by atoms with Gasteiger partial charge in [0.25, 0.3) is 5.91 Å². The first-order valence-corrected chi connectivity index (χ1v) is 11.3. The highest BCUT2D eigenvalue weighted by atomic mass is 35.5. The van der Waals surface area contributed by atoms with E-state index < -0.39 is 18.5 Å². The minimum atomic E-state index is -1.15. The Morgan fingerprint density at radius 2 is 1.78 bits per heavy atom. The van der Waals surface area contributed by atoms with Gasteiger partial charge in [-0.15, -0.1) is 0 Å². The number of aliphatic carboxylic acids is 1. The number of carbonyl (C=O) groups excluding carboxylic acids is 1. The summed E-state index contributed by atoms with van der Waals surface area (Å²) in [5, 5.41) is 12.9. The lowest BCUT2D eigenvalue weighted by atomic mass is 10.2. The molecule has 3 rings (SSSR count). The number of hydrogen-bond donors (Lipinski definition) is 2. The summed E-state index contributed by atoms with van der Waals surface area (Å²) in [6.45, 7) is 2.04. The number of ether oxygens (including phenoxy) is 4. The van der Waals surface area contributed by atoms with Crippen LogP contribution in [0.2, 0.25) is 5.02 Å². The number of amides is 1. The summed E-state index contributed by atoms with van der Waals surface area (Å²) in [5.74, 6) is -0.318. The maximum atomic E-state index is 12.6. The van der Waals surface area contributed by atoms with Crippen molar-refractivity contribution in [3.05, 3.63) is 82.4 Å². The SMILES string of the molecule is CCOc1cc(C(=O)N/N=C/c2cc(Cl)c(OCC(=O)O)c(OC)c2)ccc1OCc1ccccc1. The molecule has 0 unspecified atom stereocenters. The van der Waals surface area contributed by atoms with E-state index in [4.69, 9.17) is 35.7 Å². The summed E-state index contributed by atoms with van der Waals surface area (Å²) in [7, 11) is 1.39. The Bertz CT molecular complexity index is 1230. The Kier molecular flexibility index (Phi) is 9.53. The van der Waals surface area contributed by atoms with Crippen LogP contribution in [-0.2, 0) is 11.4 Å². The topological polar surface area (TPSA) is 116 Å². The molecule has 0 spiro atoms. The van der Waals surface area contributed by atoms with Crippen LogP contribution in [0.1, 0.15) is 28.4 Å². The van der Waals surface area contributed by atoms with Crippen molar-refractivity contribution < 1.29 is 33.6 Å². The molecule has 0 aliphatic carbocycles. The number of halogens is 1. The Hall–Kier alpha value is -4.24. The fraction of sp³-hybridized carbons (Fsp3) is 0.192. The molecule has 1 amide bonds. The molecular weight excluding hydrogens is 488 g/mol. The van der Waals surface area contributed by atoms with Gasteiger partial charge in [0.05, 0.1) is 25.0 Å². The highest BCUT2D eigenvalue weighted by Gasteiger charge is 2.14. The van der Waals surface area contributed by atoms with Gasteiger partial charge in [0.15, 0.2) is 29.6 Å². The lowest BCUT2D eigenvalue weighted by molar-refractivity contribution is -0.139. The number of rotatable bonds is 12. The molecule has 0 atom stereocenters.